The summed E-state index contributed by atoms with van der Waals surface area (Å²) in [5.41, 5.74) is 2.42. The zero-order valence-electron chi connectivity index (χ0n) is 19.0. The third-order valence-corrected chi connectivity index (χ3v) is 6.69. The van der Waals surface area contributed by atoms with Gasteiger partial charge in [-0.2, -0.15) is 18.3 Å². The molecule has 8 heteroatoms. The summed E-state index contributed by atoms with van der Waals surface area (Å²) in [6, 6.07) is 7.69. The summed E-state index contributed by atoms with van der Waals surface area (Å²) in [4.78, 5) is 14.5. The Balaban J connectivity index is 1.49. The van der Waals surface area contributed by atoms with E-state index in [1.165, 1.54) is 0 Å². The lowest BCUT2D eigenvalue weighted by molar-refractivity contribution is -0.175. The van der Waals surface area contributed by atoms with Crippen LogP contribution in [-0.4, -0.2) is 45.9 Å². The van der Waals surface area contributed by atoms with Crippen molar-refractivity contribution in [2.45, 2.75) is 71.1 Å². The van der Waals surface area contributed by atoms with E-state index in [0.29, 0.717) is 37.4 Å². The molecule has 2 aliphatic rings. The van der Waals surface area contributed by atoms with Crippen molar-refractivity contribution in [3.05, 3.63) is 47.2 Å². The number of amides is 1. The Morgan fingerprint density at radius 3 is 2.50 bits per heavy atom. The minimum atomic E-state index is -4.37. The highest BCUT2D eigenvalue weighted by Gasteiger charge is 2.48. The highest BCUT2D eigenvalue weighted by atomic mass is 19.4. The molecule has 32 heavy (non-hydrogen) atoms. The molecule has 1 N–H and O–H groups in total. The molecule has 0 unspecified atom stereocenters. The molecule has 1 fully saturated rings. The zero-order valence-corrected chi connectivity index (χ0v) is 19.0. The van der Waals surface area contributed by atoms with Gasteiger partial charge in [0, 0.05) is 31.1 Å². The van der Waals surface area contributed by atoms with E-state index in [9.17, 15) is 18.0 Å². The van der Waals surface area contributed by atoms with Crippen LogP contribution in [0.25, 0.3) is 0 Å². The van der Waals surface area contributed by atoms with Gasteiger partial charge in [-0.1, -0.05) is 50.6 Å². The zero-order chi connectivity index (χ0) is 23.3. The molecule has 1 saturated heterocycles. The van der Waals surface area contributed by atoms with E-state index in [0.717, 1.165) is 15.8 Å². The van der Waals surface area contributed by atoms with E-state index in [4.69, 9.17) is 0 Å². The second kappa shape index (κ2) is 8.12. The van der Waals surface area contributed by atoms with E-state index in [1.54, 1.807) is 11.0 Å². The molecule has 1 amide bonds. The average molecular weight is 449 g/mol. The van der Waals surface area contributed by atoms with Gasteiger partial charge in [-0.3, -0.25) is 4.79 Å². The molecule has 174 valence electrons. The number of aromatic nitrogens is 2. The molecule has 3 heterocycles. The van der Waals surface area contributed by atoms with Crippen molar-refractivity contribution in [2.24, 2.45) is 5.41 Å². The van der Waals surface area contributed by atoms with Crippen LogP contribution in [0.2, 0.25) is 0 Å². The van der Waals surface area contributed by atoms with Crippen LogP contribution in [0.1, 0.15) is 62.4 Å². The number of benzene rings is 1. The van der Waals surface area contributed by atoms with Crippen LogP contribution in [0.5, 0.6) is 0 Å². The second-order valence-corrected chi connectivity index (χ2v) is 10.2. The molecule has 5 nitrogen and oxygen atoms in total. The highest BCUT2D eigenvalue weighted by molar-refractivity contribution is 5.79. The standard InChI is InChI=1S/C24H31F3N4O/c1-15-5-7-16(8-6-15)11-22(32)30-10-9-17(14-30)18-12-21-28-19(23(2,3)4)13-20(24(25,26)27)31(21)29-18/h5-8,12,17,19-20,28H,9-11,13-14H2,1-4H3/t17-,19-,20-/m0/s1. The normalized spacial score (nSPS) is 23.7. The van der Waals surface area contributed by atoms with Gasteiger partial charge < -0.3 is 10.2 Å². The number of nitrogens with one attached hydrogen (secondary N) is 1. The summed E-state index contributed by atoms with van der Waals surface area (Å²) in [6.07, 6.45) is -3.38. The monoisotopic (exact) mass is 448 g/mol. The van der Waals surface area contributed by atoms with E-state index in [-0.39, 0.29) is 29.7 Å². The number of halogens is 3. The molecule has 0 saturated carbocycles. The first-order chi connectivity index (χ1) is 14.9. The Kier molecular flexibility index (Phi) is 5.75. The quantitative estimate of drug-likeness (QED) is 0.712. The lowest BCUT2D eigenvalue weighted by Gasteiger charge is -2.39. The van der Waals surface area contributed by atoms with Gasteiger partial charge in [0.05, 0.1) is 12.1 Å². The number of rotatable bonds is 3. The van der Waals surface area contributed by atoms with Crippen molar-refractivity contribution in [1.29, 1.82) is 0 Å². The van der Waals surface area contributed by atoms with E-state index in [1.807, 2.05) is 52.0 Å². The van der Waals surface area contributed by atoms with Crippen LogP contribution in [0.15, 0.2) is 30.3 Å². The molecule has 3 atom stereocenters. The highest BCUT2D eigenvalue weighted by Crippen LogP contribution is 2.44. The molecule has 0 aliphatic carbocycles. The summed E-state index contributed by atoms with van der Waals surface area (Å²) in [6.45, 7) is 8.92. The first-order valence-electron chi connectivity index (χ1n) is 11.2. The SMILES string of the molecule is Cc1ccc(CC(=O)N2CC[C@H](c3cc4n(n3)[C@H](C(F)(F)F)C[C@@H](C(C)(C)C)N4)C2)cc1. The minimum absolute atomic E-state index is 0.0411. The topological polar surface area (TPSA) is 50.2 Å². The number of likely N-dealkylation sites (tertiary alicyclic amines) is 1. The van der Waals surface area contributed by atoms with E-state index < -0.39 is 12.2 Å². The third kappa shape index (κ3) is 4.64. The summed E-state index contributed by atoms with van der Waals surface area (Å²) in [7, 11) is 0. The second-order valence-electron chi connectivity index (χ2n) is 10.2. The summed E-state index contributed by atoms with van der Waals surface area (Å²) in [5.74, 6) is 0.399. The summed E-state index contributed by atoms with van der Waals surface area (Å²) in [5, 5.41) is 7.65. The fourth-order valence-corrected chi connectivity index (χ4v) is 4.58. The smallest absolute Gasteiger partial charge is 0.367 e. The van der Waals surface area contributed by atoms with Crippen LogP contribution in [0.4, 0.5) is 19.0 Å². The Morgan fingerprint density at radius 1 is 1.19 bits per heavy atom. The van der Waals surface area contributed by atoms with Crippen LogP contribution in [-0.2, 0) is 11.2 Å². The number of hydrogen-bond donors (Lipinski definition) is 1. The number of nitrogens with zero attached hydrogens (tertiary/aromatic N) is 3. The fourth-order valence-electron chi connectivity index (χ4n) is 4.58. The minimum Gasteiger partial charge on any atom is -0.367 e. The van der Waals surface area contributed by atoms with Gasteiger partial charge in [0.2, 0.25) is 5.91 Å². The van der Waals surface area contributed by atoms with Gasteiger partial charge >= 0.3 is 6.18 Å². The average Bonchev–Trinajstić information content (AvgIpc) is 3.34. The fraction of sp³-hybridized carbons (Fsp3) is 0.583. The van der Waals surface area contributed by atoms with Crippen molar-refractivity contribution in [1.82, 2.24) is 14.7 Å². The number of carbonyl (C=O) groups excluding carboxylic acids is 1. The van der Waals surface area contributed by atoms with Crippen molar-refractivity contribution < 1.29 is 18.0 Å². The van der Waals surface area contributed by atoms with Gasteiger partial charge in [0.1, 0.15) is 5.82 Å². The Bertz CT molecular complexity index is 975. The van der Waals surface area contributed by atoms with Crippen molar-refractivity contribution in [3.8, 4) is 0 Å². The number of aryl methyl sites for hydroxylation is 1. The van der Waals surface area contributed by atoms with Gasteiger partial charge in [0.25, 0.3) is 0 Å². The number of carbonyl (C=O) groups is 1. The molecule has 1 aromatic carbocycles. The van der Waals surface area contributed by atoms with Gasteiger partial charge in [-0.05, 0) is 30.7 Å². The first-order valence-corrected chi connectivity index (χ1v) is 11.2. The molecule has 0 spiro atoms. The molecule has 2 aromatic rings. The largest absolute Gasteiger partial charge is 0.410 e. The van der Waals surface area contributed by atoms with Gasteiger partial charge in [-0.15, -0.1) is 0 Å². The molecular weight excluding hydrogens is 417 g/mol. The Labute approximate surface area is 187 Å². The number of fused-ring (bicyclic) bond motifs is 1. The molecular formula is C24H31F3N4O. The number of hydrogen-bond acceptors (Lipinski definition) is 3. The maximum Gasteiger partial charge on any atom is 0.410 e. The molecule has 2 aliphatic heterocycles. The predicted molar refractivity (Wildman–Crippen MR) is 118 cm³/mol. The van der Waals surface area contributed by atoms with Crippen molar-refractivity contribution in [3.63, 3.8) is 0 Å². The summed E-state index contributed by atoms with van der Waals surface area (Å²) >= 11 is 0. The summed E-state index contributed by atoms with van der Waals surface area (Å²) < 4.78 is 42.6. The third-order valence-electron chi connectivity index (χ3n) is 6.69. The van der Waals surface area contributed by atoms with Crippen LogP contribution < -0.4 is 5.32 Å². The lowest BCUT2D eigenvalue weighted by atomic mass is 9.82. The van der Waals surface area contributed by atoms with E-state index in [2.05, 4.69) is 10.4 Å². The molecule has 1 aromatic heterocycles. The number of anilines is 1. The molecule has 0 bridgehead atoms. The van der Waals surface area contributed by atoms with Crippen LogP contribution in [0.3, 0.4) is 0 Å². The first kappa shape index (κ1) is 22.7. The maximum atomic E-state index is 13.8. The maximum absolute atomic E-state index is 13.8. The van der Waals surface area contributed by atoms with Gasteiger partial charge in [0.15, 0.2) is 6.04 Å². The van der Waals surface area contributed by atoms with Gasteiger partial charge in [-0.25, -0.2) is 4.68 Å². The predicted octanol–water partition coefficient (Wildman–Crippen LogP) is 5.08. The Hall–Kier alpha value is -2.51. The lowest BCUT2D eigenvalue weighted by Crippen LogP contribution is -2.44. The Morgan fingerprint density at radius 2 is 1.88 bits per heavy atom. The van der Waals surface area contributed by atoms with Crippen molar-refractivity contribution in [2.75, 3.05) is 18.4 Å². The molecule has 4 rings (SSSR count). The van der Waals surface area contributed by atoms with Crippen molar-refractivity contribution >= 4 is 11.7 Å². The molecule has 0 radical (unpaired) electrons. The van der Waals surface area contributed by atoms with Crippen LogP contribution in [0, 0.1) is 12.3 Å². The van der Waals surface area contributed by atoms with Crippen LogP contribution >= 0.6 is 0 Å². The number of alkyl halides is 3. The van der Waals surface area contributed by atoms with E-state index >= 15 is 0 Å².